The Morgan fingerprint density at radius 3 is 2.46 bits per heavy atom. The number of rotatable bonds is 10. The molecule has 2 atom stereocenters. The van der Waals surface area contributed by atoms with Gasteiger partial charge in [-0.15, -0.1) is 0 Å². The van der Waals surface area contributed by atoms with E-state index in [0.29, 0.717) is 13.0 Å². The normalized spacial score (nSPS) is 13.5. The summed E-state index contributed by atoms with van der Waals surface area (Å²) in [4.78, 5) is 22.8. The monoisotopic (exact) mass is 331 g/mol. The van der Waals surface area contributed by atoms with E-state index in [2.05, 4.69) is 11.4 Å². The van der Waals surface area contributed by atoms with Gasteiger partial charge in [-0.25, -0.2) is 0 Å². The van der Waals surface area contributed by atoms with Crippen LogP contribution in [-0.4, -0.2) is 25.3 Å². The highest BCUT2D eigenvalue weighted by Gasteiger charge is 2.20. The third-order valence-corrected chi connectivity index (χ3v) is 4.15. The number of ketones is 1. The van der Waals surface area contributed by atoms with E-state index in [1.165, 1.54) is 0 Å². The smallest absolute Gasteiger partial charge is 0.223 e. The molecule has 0 bridgehead atoms. The predicted molar refractivity (Wildman–Crippen MR) is 97.1 cm³/mol. The van der Waals surface area contributed by atoms with Crippen molar-refractivity contribution in [1.82, 2.24) is 5.32 Å². The number of benzene rings is 1. The molecular formula is C20H29NO3. The average molecular weight is 331 g/mol. The molecule has 1 aromatic carbocycles. The van der Waals surface area contributed by atoms with Gasteiger partial charge < -0.3 is 14.8 Å². The van der Waals surface area contributed by atoms with E-state index in [9.17, 15) is 9.59 Å². The number of carbonyl (C=O) groups excluding carboxylic acids is 2. The number of hydrogen-bond acceptors (Lipinski definition) is 3. The first-order chi connectivity index (χ1) is 11.5. The zero-order valence-electron chi connectivity index (χ0n) is 15.2. The number of Topliss-reactive ketones (excluding diaryl/α,β-unsaturated/α-hetero) is 1. The van der Waals surface area contributed by atoms with E-state index < -0.39 is 0 Å². The van der Waals surface area contributed by atoms with Crippen LogP contribution < -0.4 is 10.1 Å². The van der Waals surface area contributed by atoms with Gasteiger partial charge in [0.25, 0.3) is 0 Å². The average Bonchev–Trinajstić information content (AvgIpc) is 2.58. The van der Waals surface area contributed by atoms with Gasteiger partial charge in [-0.2, -0.15) is 0 Å². The van der Waals surface area contributed by atoms with Crippen LogP contribution in [0, 0.1) is 11.8 Å². The maximum absolute atomic E-state index is 11.8. The molecule has 1 amide bonds. The van der Waals surface area contributed by atoms with Gasteiger partial charge in [-0.3, -0.25) is 4.79 Å². The Labute approximate surface area is 145 Å². The Kier molecular flexibility index (Phi) is 8.84. The fourth-order valence-electron chi connectivity index (χ4n) is 2.57. The van der Waals surface area contributed by atoms with E-state index in [-0.39, 0.29) is 23.5 Å². The van der Waals surface area contributed by atoms with E-state index in [1.807, 2.05) is 44.2 Å². The van der Waals surface area contributed by atoms with E-state index >= 15 is 0 Å². The van der Waals surface area contributed by atoms with Gasteiger partial charge in [0.05, 0.1) is 6.61 Å². The molecule has 0 saturated carbocycles. The van der Waals surface area contributed by atoms with Crippen molar-refractivity contribution < 1.29 is 14.3 Å². The molecule has 1 N–H and O–H groups in total. The standard InChI is InChI=1S/C20H29NO3/c1-5-6-18(16(3)20(23)21-4)13-14-24-19-11-9-17(10-12-19)8-7-15(2)22/h5-6,9-12,16,18H,7-8,13-14H2,1-4H3,(H,21,23)/b6-5+/t16-,18+/m1/s1. The number of aryl methyl sites for hydroxylation is 1. The quantitative estimate of drug-likeness (QED) is 0.667. The van der Waals surface area contributed by atoms with Crippen LogP contribution in [0.5, 0.6) is 5.75 Å². The molecule has 0 spiro atoms. The Balaban J connectivity index is 2.49. The van der Waals surface area contributed by atoms with Crippen molar-refractivity contribution in [2.75, 3.05) is 13.7 Å². The molecule has 0 heterocycles. The lowest BCUT2D eigenvalue weighted by Crippen LogP contribution is -2.30. The molecule has 0 saturated heterocycles. The molecule has 0 unspecified atom stereocenters. The minimum atomic E-state index is -0.0799. The number of hydrogen-bond donors (Lipinski definition) is 1. The van der Waals surface area contributed by atoms with Crippen molar-refractivity contribution in [2.24, 2.45) is 11.8 Å². The molecule has 0 aromatic heterocycles. The van der Waals surface area contributed by atoms with Gasteiger partial charge >= 0.3 is 0 Å². The highest BCUT2D eigenvalue weighted by atomic mass is 16.5. The summed E-state index contributed by atoms with van der Waals surface area (Å²) in [5.74, 6) is 1.14. The van der Waals surface area contributed by atoms with E-state index in [1.54, 1.807) is 14.0 Å². The molecule has 0 aliphatic carbocycles. The largest absolute Gasteiger partial charge is 0.494 e. The van der Waals surface area contributed by atoms with Crippen LogP contribution in [0.15, 0.2) is 36.4 Å². The van der Waals surface area contributed by atoms with Gasteiger partial charge in [0.15, 0.2) is 0 Å². The summed E-state index contributed by atoms with van der Waals surface area (Å²) < 4.78 is 5.79. The van der Waals surface area contributed by atoms with Crippen LogP contribution in [0.25, 0.3) is 0 Å². The van der Waals surface area contributed by atoms with Crippen LogP contribution in [-0.2, 0) is 16.0 Å². The van der Waals surface area contributed by atoms with Crippen LogP contribution in [0.2, 0.25) is 0 Å². The third kappa shape index (κ3) is 6.99. The Hall–Kier alpha value is -2.10. The SMILES string of the molecule is C/C=C/[C@@H](CCOc1ccc(CCC(C)=O)cc1)[C@@H](C)C(=O)NC. The third-order valence-electron chi connectivity index (χ3n) is 4.15. The first-order valence-corrected chi connectivity index (χ1v) is 8.53. The molecular weight excluding hydrogens is 302 g/mol. The van der Waals surface area contributed by atoms with Crippen molar-refractivity contribution in [3.63, 3.8) is 0 Å². The second kappa shape index (κ2) is 10.6. The summed E-state index contributed by atoms with van der Waals surface area (Å²) in [7, 11) is 1.66. The first kappa shape index (κ1) is 19.9. The zero-order valence-corrected chi connectivity index (χ0v) is 15.2. The summed E-state index contributed by atoms with van der Waals surface area (Å²) >= 11 is 0. The molecule has 0 radical (unpaired) electrons. The van der Waals surface area contributed by atoms with Crippen molar-refractivity contribution >= 4 is 11.7 Å². The van der Waals surface area contributed by atoms with Crippen molar-refractivity contribution in [2.45, 2.75) is 40.0 Å². The summed E-state index contributed by atoms with van der Waals surface area (Å²) in [6, 6.07) is 7.86. The summed E-state index contributed by atoms with van der Waals surface area (Å²) in [5.41, 5.74) is 1.14. The predicted octanol–water partition coefficient (Wildman–Crippen LogP) is 3.55. The molecule has 132 valence electrons. The minimum Gasteiger partial charge on any atom is -0.494 e. The Morgan fingerprint density at radius 2 is 1.92 bits per heavy atom. The first-order valence-electron chi connectivity index (χ1n) is 8.53. The zero-order chi connectivity index (χ0) is 17.9. The molecule has 1 aromatic rings. The molecule has 0 aliphatic rings. The van der Waals surface area contributed by atoms with Gasteiger partial charge in [-0.05, 0) is 50.3 Å². The van der Waals surface area contributed by atoms with Crippen LogP contribution in [0.4, 0.5) is 0 Å². The van der Waals surface area contributed by atoms with Crippen LogP contribution in [0.3, 0.4) is 0 Å². The summed E-state index contributed by atoms with van der Waals surface area (Å²) in [6.45, 7) is 6.07. The molecule has 4 nitrogen and oxygen atoms in total. The number of carbonyl (C=O) groups is 2. The molecule has 0 aliphatic heterocycles. The second-order valence-corrected chi connectivity index (χ2v) is 6.08. The van der Waals surface area contributed by atoms with Crippen LogP contribution in [0.1, 0.15) is 39.2 Å². The Bertz CT molecular complexity index is 549. The lowest BCUT2D eigenvalue weighted by molar-refractivity contribution is -0.125. The highest BCUT2D eigenvalue weighted by Crippen LogP contribution is 2.20. The maximum Gasteiger partial charge on any atom is 0.223 e. The summed E-state index contributed by atoms with van der Waals surface area (Å²) in [5, 5.41) is 2.70. The van der Waals surface area contributed by atoms with Gasteiger partial charge in [0.2, 0.25) is 5.91 Å². The van der Waals surface area contributed by atoms with E-state index in [0.717, 1.165) is 24.2 Å². The number of amides is 1. The summed E-state index contributed by atoms with van der Waals surface area (Å²) in [6.07, 6.45) is 6.16. The van der Waals surface area contributed by atoms with Crippen molar-refractivity contribution in [3.05, 3.63) is 42.0 Å². The fourth-order valence-corrected chi connectivity index (χ4v) is 2.57. The highest BCUT2D eigenvalue weighted by molar-refractivity contribution is 5.78. The molecule has 24 heavy (non-hydrogen) atoms. The van der Waals surface area contributed by atoms with Crippen LogP contribution >= 0.6 is 0 Å². The number of allylic oxidation sites excluding steroid dienone is 2. The topological polar surface area (TPSA) is 55.4 Å². The second-order valence-electron chi connectivity index (χ2n) is 6.08. The number of ether oxygens (including phenoxy) is 1. The fraction of sp³-hybridized carbons (Fsp3) is 0.500. The van der Waals surface area contributed by atoms with E-state index in [4.69, 9.17) is 4.74 Å². The van der Waals surface area contributed by atoms with Gasteiger partial charge in [0.1, 0.15) is 11.5 Å². The Morgan fingerprint density at radius 1 is 1.25 bits per heavy atom. The van der Waals surface area contributed by atoms with Gasteiger partial charge in [0, 0.05) is 19.4 Å². The lowest BCUT2D eigenvalue weighted by atomic mass is 9.90. The number of nitrogens with one attached hydrogen (secondary N) is 1. The maximum atomic E-state index is 11.8. The van der Waals surface area contributed by atoms with Gasteiger partial charge in [-0.1, -0.05) is 31.2 Å². The molecule has 0 fully saturated rings. The lowest BCUT2D eigenvalue weighted by Gasteiger charge is -2.19. The minimum absolute atomic E-state index is 0.0490. The van der Waals surface area contributed by atoms with Crippen molar-refractivity contribution in [3.8, 4) is 5.75 Å². The van der Waals surface area contributed by atoms with Crippen molar-refractivity contribution in [1.29, 1.82) is 0 Å². The molecule has 4 heteroatoms. The molecule has 1 rings (SSSR count).